The van der Waals surface area contributed by atoms with Gasteiger partial charge >= 0.3 is 7.60 Å². The van der Waals surface area contributed by atoms with E-state index in [9.17, 15) is 4.57 Å². The molecule has 0 aromatic heterocycles. The molecule has 6 heteroatoms. The highest BCUT2D eigenvalue weighted by Gasteiger charge is 2.51. The average Bonchev–Trinajstić information content (AvgIpc) is 2.54. The second-order valence-corrected chi connectivity index (χ2v) is 6.31. The van der Waals surface area contributed by atoms with Crippen molar-refractivity contribution in [1.82, 2.24) is 5.32 Å². The fraction of sp³-hybridized carbons (Fsp3) is 1.00. The summed E-state index contributed by atoms with van der Waals surface area (Å²) in [5.74, 6) is 0. The monoisotopic (exact) mass is 241 g/mol. The van der Waals surface area contributed by atoms with Crippen molar-refractivity contribution >= 4 is 19.2 Å². The van der Waals surface area contributed by atoms with Crippen LogP contribution in [0.2, 0.25) is 0 Å². The van der Waals surface area contributed by atoms with Crippen LogP contribution < -0.4 is 5.32 Å². The zero-order valence-corrected chi connectivity index (χ0v) is 10.2. The normalized spacial score (nSPS) is 28.2. The summed E-state index contributed by atoms with van der Waals surface area (Å²) in [6.45, 7) is 5.00. The first-order valence-corrected chi connectivity index (χ1v) is 6.83. The lowest BCUT2D eigenvalue weighted by Gasteiger charge is -2.30. The smallest absolute Gasteiger partial charge is 0.307 e. The average molecular weight is 242 g/mol. The van der Waals surface area contributed by atoms with Gasteiger partial charge in [-0.05, 0) is 33.2 Å². The fourth-order valence-electron chi connectivity index (χ4n) is 1.51. The van der Waals surface area contributed by atoms with E-state index in [1.54, 1.807) is 13.8 Å². The lowest BCUT2D eigenvalue weighted by Crippen LogP contribution is -2.34. The molecule has 1 saturated heterocycles. The van der Waals surface area contributed by atoms with Crippen LogP contribution in [0.5, 0.6) is 0 Å². The van der Waals surface area contributed by atoms with E-state index >= 15 is 0 Å². The molecule has 0 aromatic carbocycles. The summed E-state index contributed by atoms with van der Waals surface area (Å²) in [6.07, 6.45) is 1.51. The van der Waals surface area contributed by atoms with Gasteiger partial charge < -0.3 is 9.05 Å². The molecule has 1 aliphatic heterocycles. The minimum absolute atomic E-state index is 0.341. The van der Waals surface area contributed by atoms with E-state index in [1.165, 1.54) is 0 Å². The van der Waals surface area contributed by atoms with Gasteiger partial charge in [0.25, 0.3) is 0 Å². The molecule has 1 N–H and O–H groups in total. The molecule has 1 aliphatic rings. The van der Waals surface area contributed by atoms with Crippen molar-refractivity contribution in [2.24, 2.45) is 0 Å². The van der Waals surface area contributed by atoms with Crippen molar-refractivity contribution in [3.8, 4) is 0 Å². The fourth-order valence-corrected chi connectivity index (χ4v) is 3.93. The molecule has 0 radical (unpaired) electrons. The summed E-state index contributed by atoms with van der Waals surface area (Å²) < 4.78 is 21.7. The summed E-state index contributed by atoms with van der Waals surface area (Å²) >= 11 is 6.21. The lowest BCUT2D eigenvalue weighted by atomic mass is 10.4. The Kier molecular flexibility index (Phi) is 4.41. The lowest BCUT2D eigenvalue weighted by molar-refractivity contribution is 0.204. The molecule has 1 heterocycles. The molecule has 0 amide bonds. The SMILES string of the molecule is CCOP(=O)(OCC)C1(Cl)CCCN1. The summed E-state index contributed by atoms with van der Waals surface area (Å²) in [5, 5.41) is 3.00. The van der Waals surface area contributed by atoms with Crippen LogP contribution in [-0.2, 0) is 13.6 Å². The van der Waals surface area contributed by atoms with Gasteiger partial charge in [-0.3, -0.25) is 9.88 Å². The van der Waals surface area contributed by atoms with Crippen LogP contribution in [0.15, 0.2) is 0 Å². The molecule has 1 unspecified atom stereocenters. The number of hydrogen-bond acceptors (Lipinski definition) is 4. The Morgan fingerprint density at radius 1 is 1.43 bits per heavy atom. The Morgan fingerprint density at radius 2 is 2.00 bits per heavy atom. The van der Waals surface area contributed by atoms with Crippen LogP contribution in [0.4, 0.5) is 0 Å². The topological polar surface area (TPSA) is 47.6 Å². The van der Waals surface area contributed by atoms with Gasteiger partial charge in [-0.2, -0.15) is 0 Å². The van der Waals surface area contributed by atoms with Gasteiger partial charge in [0, 0.05) is 0 Å². The largest absolute Gasteiger partial charge is 0.365 e. The zero-order chi connectivity index (χ0) is 10.7. The third-order valence-electron chi connectivity index (χ3n) is 2.11. The predicted molar refractivity (Wildman–Crippen MR) is 56.7 cm³/mol. The first kappa shape index (κ1) is 12.5. The van der Waals surface area contributed by atoms with Gasteiger partial charge in [0.2, 0.25) is 0 Å². The van der Waals surface area contributed by atoms with Gasteiger partial charge in [0.1, 0.15) is 0 Å². The van der Waals surface area contributed by atoms with Crippen molar-refractivity contribution in [2.45, 2.75) is 31.4 Å². The highest BCUT2D eigenvalue weighted by molar-refractivity contribution is 7.57. The molecule has 0 aromatic rings. The van der Waals surface area contributed by atoms with E-state index in [-0.39, 0.29) is 0 Å². The van der Waals surface area contributed by atoms with Crippen LogP contribution in [0.25, 0.3) is 0 Å². The molecule has 0 spiro atoms. The second kappa shape index (κ2) is 4.95. The Hall–Kier alpha value is 0.400. The maximum atomic E-state index is 12.3. The maximum absolute atomic E-state index is 12.3. The molecular formula is C8H17ClNO3P. The minimum Gasteiger partial charge on any atom is -0.307 e. The summed E-state index contributed by atoms with van der Waals surface area (Å²) in [6, 6.07) is 0. The van der Waals surface area contributed by atoms with E-state index in [1.807, 2.05) is 0 Å². The first-order valence-electron chi connectivity index (χ1n) is 4.91. The molecule has 0 bridgehead atoms. The Morgan fingerprint density at radius 3 is 2.36 bits per heavy atom. The molecule has 14 heavy (non-hydrogen) atoms. The van der Waals surface area contributed by atoms with Gasteiger partial charge in [0.15, 0.2) is 4.74 Å². The van der Waals surface area contributed by atoms with Crippen molar-refractivity contribution in [1.29, 1.82) is 0 Å². The molecule has 1 rings (SSSR count). The molecule has 0 aliphatic carbocycles. The first-order chi connectivity index (χ1) is 6.58. The third kappa shape index (κ3) is 2.31. The van der Waals surface area contributed by atoms with Crippen LogP contribution in [0.3, 0.4) is 0 Å². The van der Waals surface area contributed by atoms with Crippen LogP contribution in [0.1, 0.15) is 26.7 Å². The van der Waals surface area contributed by atoms with Crippen molar-refractivity contribution < 1.29 is 13.6 Å². The van der Waals surface area contributed by atoms with E-state index in [2.05, 4.69) is 5.32 Å². The van der Waals surface area contributed by atoms with Crippen LogP contribution in [-0.4, -0.2) is 24.5 Å². The Bertz CT molecular complexity index is 221. The molecule has 84 valence electrons. The summed E-state index contributed by atoms with van der Waals surface area (Å²) in [4.78, 5) is 0. The van der Waals surface area contributed by atoms with Gasteiger partial charge in [-0.15, -0.1) is 0 Å². The van der Waals surface area contributed by atoms with Crippen LogP contribution >= 0.6 is 19.2 Å². The summed E-state index contributed by atoms with van der Waals surface area (Å²) in [5.41, 5.74) is 0. The van der Waals surface area contributed by atoms with Crippen molar-refractivity contribution in [2.75, 3.05) is 19.8 Å². The van der Waals surface area contributed by atoms with E-state index in [0.717, 1.165) is 13.0 Å². The molecule has 0 saturated carbocycles. The third-order valence-corrected chi connectivity index (χ3v) is 5.50. The number of hydrogen-bond donors (Lipinski definition) is 1. The minimum atomic E-state index is -3.22. The molecule has 1 atom stereocenters. The molecular weight excluding hydrogens is 225 g/mol. The van der Waals surface area contributed by atoms with Gasteiger partial charge in [-0.25, -0.2) is 0 Å². The number of alkyl halides is 1. The van der Waals surface area contributed by atoms with E-state index in [0.29, 0.717) is 19.6 Å². The number of rotatable bonds is 5. The second-order valence-electron chi connectivity index (χ2n) is 3.12. The van der Waals surface area contributed by atoms with E-state index < -0.39 is 12.3 Å². The van der Waals surface area contributed by atoms with Crippen LogP contribution in [0, 0.1) is 0 Å². The van der Waals surface area contributed by atoms with Gasteiger partial charge in [-0.1, -0.05) is 11.6 Å². The highest BCUT2D eigenvalue weighted by Crippen LogP contribution is 2.63. The highest BCUT2D eigenvalue weighted by atomic mass is 35.5. The van der Waals surface area contributed by atoms with Gasteiger partial charge in [0.05, 0.1) is 13.2 Å². The zero-order valence-electron chi connectivity index (χ0n) is 8.59. The Labute approximate surface area is 89.8 Å². The quantitative estimate of drug-likeness (QED) is 0.457. The predicted octanol–water partition coefficient (Wildman–Crippen LogP) is 2.53. The number of halogens is 1. The standard InChI is InChI=1S/C8H17ClNO3P/c1-3-12-14(11,13-4-2)8(9)6-5-7-10-8/h10H,3-7H2,1-2H3. The number of nitrogens with one attached hydrogen (secondary N) is 1. The Balaban J connectivity index is 2.79. The molecule has 1 fully saturated rings. The summed E-state index contributed by atoms with van der Waals surface area (Å²) in [7, 11) is -3.22. The molecule has 4 nitrogen and oxygen atoms in total. The maximum Gasteiger partial charge on any atom is 0.365 e. The van der Waals surface area contributed by atoms with Crippen molar-refractivity contribution in [3.63, 3.8) is 0 Å². The van der Waals surface area contributed by atoms with Crippen molar-refractivity contribution in [3.05, 3.63) is 0 Å². The van der Waals surface area contributed by atoms with E-state index in [4.69, 9.17) is 20.6 Å².